The Labute approximate surface area is 578 Å². The summed E-state index contributed by atoms with van der Waals surface area (Å²) in [6.07, 6.45) is 10.5. The zero-order valence-electron chi connectivity index (χ0n) is 56.7. The first-order chi connectivity index (χ1) is 46.5. The molecule has 0 spiro atoms. The van der Waals surface area contributed by atoms with E-state index in [1.54, 1.807) is 56.3 Å². The molecule has 0 saturated carbocycles. The lowest BCUT2D eigenvalue weighted by atomic mass is 10.1. The van der Waals surface area contributed by atoms with Crippen LogP contribution in [-0.2, 0) is 54.0 Å². The number of nitrogens with one attached hydrogen (secondary N) is 4. The van der Waals surface area contributed by atoms with Crippen LogP contribution in [0.25, 0.3) is 0 Å². The van der Waals surface area contributed by atoms with Gasteiger partial charge in [-0.1, -0.05) is 130 Å². The Morgan fingerprint density at radius 3 is 1.84 bits per heavy atom. The number of hydrogen-bond donors (Lipinski definition) is 4. The van der Waals surface area contributed by atoms with Crippen LogP contribution in [0.15, 0.2) is 134 Å². The Hall–Kier alpha value is -8.48. The topological polar surface area (TPSA) is 322 Å². The van der Waals surface area contributed by atoms with Crippen LogP contribution < -0.4 is 30.1 Å². The summed E-state index contributed by atoms with van der Waals surface area (Å²) in [5.41, 5.74) is 0.972. The minimum Gasteiger partial charge on any atom is -0.495 e. The van der Waals surface area contributed by atoms with E-state index in [1.165, 1.54) is 116 Å². The number of fused-ring (bicyclic) bond motifs is 2. The Kier molecular flexibility index (Phi) is 24.9. The SMILES string of the molecule is CCCCCCCCCCCCNS(=O)(=O)c1ccc(Cl)c(NC(=O)C(C2=Nc3ccccc3S(=O)(=O)N2C(C)C)N2C(=O)C(OC)N(C)C2=O)c1.COc1ccccc1NC(=O)C(C1=Nc2ccccc2S(=O)(=O)N1CCCCOc1ccc(C)cc1C)N1C(=O)NC(C)(C)C1=O. The summed E-state index contributed by atoms with van der Waals surface area (Å²) in [6.45, 7) is 12.7. The predicted octanol–water partition coefficient (Wildman–Crippen LogP) is 10.4. The number of nitrogens with zero attached hydrogens (tertiary/aromatic N) is 7. The Morgan fingerprint density at radius 2 is 1.26 bits per heavy atom. The average molecular weight is 1430 g/mol. The van der Waals surface area contributed by atoms with E-state index < -0.39 is 101 Å². The van der Waals surface area contributed by atoms with E-state index >= 15 is 0 Å². The van der Waals surface area contributed by atoms with Gasteiger partial charge in [-0.05, 0) is 127 Å². The molecule has 26 nitrogen and oxygen atoms in total. The van der Waals surface area contributed by atoms with Crippen LogP contribution in [-0.4, -0.2) is 167 Å². The molecule has 5 aromatic rings. The third-order valence-corrected chi connectivity index (χ3v) is 22.4. The number of aliphatic imine (C=N–C) groups is 2. The molecule has 4 heterocycles. The van der Waals surface area contributed by atoms with Gasteiger partial charge in [0.2, 0.25) is 16.3 Å². The summed E-state index contributed by atoms with van der Waals surface area (Å²) in [7, 11) is -8.65. The number of urea groups is 2. The van der Waals surface area contributed by atoms with Crippen LogP contribution in [0.1, 0.15) is 123 Å². The Balaban J connectivity index is 0.000000252. The van der Waals surface area contributed by atoms with E-state index in [2.05, 4.69) is 37.6 Å². The highest BCUT2D eigenvalue weighted by atomic mass is 35.5. The Bertz CT molecular complexity index is 4230. The molecule has 0 radical (unpaired) electrons. The van der Waals surface area contributed by atoms with Gasteiger partial charge in [0.15, 0.2) is 23.8 Å². The number of amidine groups is 2. The molecule has 30 heteroatoms. The molecule has 2 saturated heterocycles. The van der Waals surface area contributed by atoms with Crippen LogP contribution >= 0.6 is 11.6 Å². The van der Waals surface area contributed by atoms with E-state index in [1.807, 2.05) is 32.0 Å². The summed E-state index contributed by atoms with van der Waals surface area (Å²) in [5, 5.41) is 7.80. The second kappa shape index (κ2) is 32.5. The van der Waals surface area contributed by atoms with E-state index in [0.717, 1.165) is 60.6 Å². The van der Waals surface area contributed by atoms with Crippen LogP contribution in [0, 0.1) is 13.8 Å². The number of ether oxygens (including phenoxy) is 3. The van der Waals surface area contributed by atoms with Gasteiger partial charge in [-0.15, -0.1) is 0 Å². The van der Waals surface area contributed by atoms with Gasteiger partial charge in [0.05, 0.1) is 46.4 Å². The molecular weight excluding hydrogens is 1340 g/mol. The second-order valence-electron chi connectivity index (χ2n) is 24.8. The lowest BCUT2D eigenvalue weighted by molar-refractivity contribution is -0.141. The number of aryl methyl sites for hydroxylation is 2. The van der Waals surface area contributed by atoms with Gasteiger partial charge >= 0.3 is 12.1 Å². The molecule has 3 unspecified atom stereocenters. The van der Waals surface area contributed by atoms with Crippen molar-refractivity contribution in [1.82, 2.24) is 33.3 Å². The predicted molar refractivity (Wildman–Crippen MR) is 372 cm³/mol. The molecule has 98 heavy (non-hydrogen) atoms. The minimum atomic E-state index is -4.32. The van der Waals surface area contributed by atoms with Crippen molar-refractivity contribution in [1.29, 1.82) is 0 Å². The number of benzene rings is 5. The number of likely N-dealkylation sites (N-methyl/N-ethyl adjacent to an activating group) is 1. The molecular formula is C68H86ClN11O15S3. The monoisotopic (exact) mass is 1430 g/mol. The number of amides is 8. The highest BCUT2D eigenvalue weighted by Gasteiger charge is 2.56. The highest BCUT2D eigenvalue weighted by molar-refractivity contribution is 7.90. The molecule has 0 aromatic heterocycles. The van der Waals surface area contributed by atoms with Crippen molar-refractivity contribution >= 4 is 112 Å². The summed E-state index contributed by atoms with van der Waals surface area (Å²) in [5.74, 6) is -3.19. The van der Waals surface area contributed by atoms with Crippen molar-refractivity contribution in [2.45, 2.75) is 170 Å². The van der Waals surface area contributed by atoms with E-state index in [0.29, 0.717) is 36.5 Å². The van der Waals surface area contributed by atoms with Gasteiger partial charge in [-0.3, -0.25) is 28.4 Å². The van der Waals surface area contributed by atoms with Crippen LogP contribution in [0.5, 0.6) is 11.5 Å². The van der Waals surface area contributed by atoms with Gasteiger partial charge in [0.1, 0.15) is 26.8 Å². The van der Waals surface area contributed by atoms with Gasteiger partial charge in [-0.2, -0.15) is 0 Å². The molecule has 5 aromatic carbocycles. The minimum absolute atomic E-state index is 0.00236. The smallest absolute Gasteiger partial charge is 0.330 e. The molecule has 528 valence electrons. The third kappa shape index (κ3) is 16.8. The standard InChI is InChI=1S/C35H49ClN6O8S2.C33H37N5O7S/c1-6-7-8-9-10-11-12-13-14-17-22-37-51(46,47)25-20-21-26(36)28(23-25)39-32(43)30(41-33(44)34(50-5)40(4)35(41)45)31-38-27-18-15-16-19-29(27)52(48,49)42(31)24(2)3;1-21-16-17-25(22(2)20-21)45-19-11-10-18-37-29(34-24-13-7-9-15-27(24)46(37,42)43)28(38-31(40)33(3,4)36-32(38)41)30(39)35-23-12-6-8-14-26(23)44-5/h15-16,18-21,23-24,30,34,37H,6-14,17,22H2,1-5H3,(H,39,43);6-9,12-17,20,28H,10-11,18-19H2,1-5H3,(H,35,39)(H,36,41). The first kappa shape index (κ1) is 75.3. The van der Waals surface area contributed by atoms with Crippen molar-refractivity contribution in [2.24, 2.45) is 9.98 Å². The number of methoxy groups -OCH3 is 2. The largest absolute Gasteiger partial charge is 0.495 e. The molecule has 4 aliphatic heterocycles. The number of hydrogen-bond acceptors (Lipinski definition) is 17. The lowest BCUT2D eigenvalue weighted by Gasteiger charge is -2.37. The maximum absolute atomic E-state index is 14.3. The van der Waals surface area contributed by atoms with Crippen molar-refractivity contribution < 1.29 is 68.2 Å². The number of para-hydroxylation sites is 4. The summed E-state index contributed by atoms with van der Waals surface area (Å²) in [4.78, 5) is 93.6. The number of unbranched alkanes of at least 4 members (excludes halogenated alkanes) is 10. The third-order valence-electron chi connectivity index (χ3n) is 16.7. The zero-order valence-corrected chi connectivity index (χ0v) is 59.9. The summed E-state index contributed by atoms with van der Waals surface area (Å²) in [6, 6.07) is 22.0. The molecule has 0 bridgehead atoms. The number of anilines is 2. The molecule has 4 aliphatic rings. The quantitative estimate of drug-likeness (QED) is 0.0245. The Morgan fingerprint density at radius 1 is 0.684 bits per heavy atom. The maximum atomic E-state index is 14.3. The summed E-state index contributed by atoms with van der Waals surface area (Å²) >= 11 is 6.44. The number of carbonyl (C=O) groups excluding carboxylic acids is 6. The fraction of sp³-hybridized carbons (Fsp3) is 0.441. The van der Waals surface area contributed by atoms with Crippen LogP contribution in [0.4, 0.5) is 32.3 Å². The lowest BCUT2D eigenvalue weighted by Crippen LogP contribution is -2.60. The normalized spacial score (nSPS) is 17.5. The highest BCUT2D eigenvalue weighted by Crippen LogP contribution is 2.39. The van der Waals surface area contributed by atoms with E-state index in [9.17, 15) is 54.0 Å². The van der Waals surface area contributed by atoms with Gasteiger partial charge in [-0.25, -0.2) is 63.7 Å². The number of carbonyl (C=O) groups is 6. The first-order valence-electron chi connectivity index (χ1n) is 32.5. The maximum Gasteiger partial charge on any atom is 0.330 e. The molecule has 0 aliphatic carbocycles. The molecule has 9 rings (SSSR count). The van der Waals surface area contributed by atoms with Crippen LogP contribution in [0.3, 0.4) is 0 Å². The average Bonchev–Trinajstić information content (AvgIpc) is 1.23. The number of sulfonamides is 3. The van der Waals surface area contributed by atoms with Gasteiger partial charge < -0.3 is 30.2 Å². The van der Waals surface area contributed by atoms with Crippen molar-refractivity contribution in [3.05, 3.63) is 125 Å². The zero-order chi connectivity index (χ0) is 71.4. The van der Waals surface area contributed by atoms with Crippen LogP contribution in [0.2, 0.25) is 5.02 Å². The van der Waals surface area contributed by atoms with Crippen molar-refractivity contribution in [2.75, 3.05) is 51.6 Å². The second-order valence-corrected chi connectivity index (χ2v) is 30.6. The fourth-order valence-electron chi connectivity index (χ4n) is 11.7. The molecule has 3 atom stereocenters. The number of imide groups is 2. The summed E-state index contributed by atoms with van der Waals surface area (Å²) < 4.78 is 104. The fourth-order valence-corrected chi connectivity index (χ4v) is 16.4. The first-order valence-corrected chi connectivity index (χ1v) is 37.2. The number of rotatable bonds is 30. The van der Waals surface area contributed by atoms with Gasteiger partial charge in [0, 0.05) is 33.3 Å². The van der Waals surface area contributed by atoms with E-state index in [-0.39, 0.29) is 61.4 Å². The van der Waals surface area contributed by atoms with Gasteiger partial charge in [0.25, 0.3) is 43.7 Å². The number of halogens is 1. The van der Waals surface area contributed by atoms with E-state index in [4.69, 9.17) is 25.8 Å². The molecule has 2 fully saturated rings. The molecule has 8 amide bonds. The van der Waals surface area contributed by atoms with Crippen molar-refractivity contribution in [3.63, 3.8) is 0 Å². The molecule has 4 N–H and O–H groups in total. The van der Waals surface area contributed by atoms with Crippen molar-refractivity contribution in [3.8, 4) is 11.5 Å².